The summed E-state index contributed by atoms with van der Waals surface area (Å²) < 4.78 is 5.20. The predicted octanol–water partition coefficient (Wildman–Crippen LogP) is 2.01. The number of nitrogens with zero attached hydrogens (tertiary/aromatic N) is 3. The second-order valence-corrected chi connectivity index (χ2v) is 8.38. The predicted molar refractivity (Wildman–Crippen MR) is 113 cm³/mol. The van der Waals surface area contributed by atoms with Crippen LogP contribution in [-0.2, 0) is 9.59 Å². The maximum Gasteiger partial charge on any atom is 0.327 e. The number of hydrogen-bond donors (Lipinski definition) is 1. The van der Waals surface area contributed by atoms with Crippen molar-refractivity contribution in [3.05, 3.63) is 29.8 Å². The molecule has 1 aromatic carbocycles. The third-order valence-corrected chi connectivity index (χ3v) is 6.40. The van der Waals surface area contributed by atoms with Gasteiger partial charge in [0, 0.05) is 13.6 Å². The largest absolute Gasteiger partial charge is 0.497 e. The molecule has 1 aliphatic carbocycles. The molecule has 1 N–H and O–H groups in total. The van der Waals surface area contributed by atoms with Crippen molar-refractivity contribution >= 4 is 17.8 Å². The van der Waals surface area contributed by atoms with Gasteiger partial charge in [-0.25, -0.2) is 4.79 Å². The molecule has 0 bridgehead atoms. The van der Waals surface area contributed by atoms with Gasteiger partial charge in [-0.1, -0.05) is 31.4 Å². The van der Waals surface area contributed by atoms with Gasteiger partial charge in [-0.05, 0) is 44.6 Å². The first-order valence-corrected chi connectivity index (χ1v) is 10.5. The Labute approximate surface area is 178 Å². The number of carbonyl (C=O) groups is 3. The number of urea groups is 1. The molecule has 1 atom stereocenters. The summed E-state index contributed by atoms with van der Waals surface area (Å²) in [5, 5.41) is 2.89. The van der Waals surface area contributed by atoms with Crippen LogP contribution in [0.3, 0.4) is 0 Å². The number of ether oxygens (including phenoxy) is 1. The molecule has 1 saturated carbocycles. The summed E-state index contributed by atoms with van der Waals surface area (Å²) in [5.41, 5.74) is 0.278. The SMILES string of the molecule is COc1ccc(C(CNC(=O)CN2C(=O)N(C)C3(CCCCC3)C2=O)N(C)C)cc1. The van der Waals surface area contributed by atoms with Crippen LogP contribution >= 0.6 is 0 Å². The van der Waals surface area contributed by atoms with Crippen LogP contribution in [0.15, 0.2) is 24.3 Å². The van der Waals surface area contributed by atoms with E-state index in [0.29, 0.717) is 19.4 Å². The van der Waals surface area contributed by atoms with Crippen molar-refractivity contribution in [2.24, 2.45) is 0 Å². The molecule has 1 aromatic rings. The summed E-state index contributed by atoms with van der Waals surface area (Å²) >= 11 is 0. The highest BCUT2D eigenvalue weighted by molar-refractivity contribution is 6.08. The fourth-order valence-electron chi connectivity index (χ4n) is 4.51. The number of methoxy groups -OCH3 is 1. The van der Waals surface area contributed by atoms with Gasteiger partial charge in [0.2, 0.25) is 5.91 Å². The Hall–Kier alpha value is -2.61. The number of rotatable bonds is 7. The molecule has 8 heteroatoms. The molecule has 30 heavy (non-hydrogen) atoms. The molecular weight excluding hydrogens is 384 g/mol. The van der Waals surface area contributed by atoms with Gasteiger partial charge in [0.1, 0.15) is 17.8 Å². The Bertz CT molecular complexity index is 787. The average Bonchev–Trinajstić information content (AvgIpc) is 2.91. The lowest BCUT2D eigenvalue weighted by atomic mass is 9.81. The molecule has 2 aliphatic rings. The van der Waals surface area contributed by atoms with Crippen LogP contribution in [0.1, 0.15) is 43.7 Å². The van der Waals surface area contributed by atoms with Crippen molar-refractivity contribution in [2.45, 2.75) is 43.7 Å². The van der Waals surface area contributed by atoms with Crippen LogP contribution in [0.2, 0.25) is 0 Å². The zero-order chi connectivity index (χ0) is 21.9. The van der Waals surface area contributed by atoms with Crippen LogP contribution < -0.4 is 10.1 Å². The average molecular weight is 417 g/mol. The number of carbonyl (C=O) groups excluding carboxylic acids is 3. The normalized spacial score (nSPS) is 19.5. The quantitative estimate of drug-likeness (QED) is 0.688. The highest BCUT2D eigenvalue weighted by atomic mass is 16.5. The van der Waals surface area contributed by atoms with Gasteiger partial charge >= 0.3 is 6.03 Å². The van der Waals surface area contributed by atoms with Gasteiger partial charge in [-0.3, -0.25) is 14.5 Å². The van der Waals surface area contributed by atoms with Crippen molar-refractivity contribution < 1.29 is 19.1 Å². The maximum atomic E-state index is 13.0. The van der Waals surface area contributed by atoms with E-state index in [1.54, 1.807) is 19.1 Å². The highest BCUT2D eigenvalue weighted by Crippen LogP contribution is 2.39. The smallest absolute Gasteiger partial charge is 0.327 e. The molecular formula is C22H32N4O4. The molecule has 164 valence electrons. The second kappa shape index (κ2) is 9.04. The van der Waals surface area contributed by atoms with Gasteiger partial charge in [0.05, 0.1) is 13.2 Å². The molecule has 1 aliphatic heterocycles. The van der Waals surface area contributed by atoms with Crippen molar-refractivity contribution in [3.8, 4) is 5.75 Å². The van der Waals surface area contributed by atoms with Crippen LogP contribution in [0, 0.1) is 0 Å². The minimum atomic E-state index is -0.759. The number of likely N-dealkylation sites (N-methyl/N-ethyl adjacent to an activating group) is 2. The molecule has 8 nitrogen and oxygen atoms in total. The first kappa shape index (κ1) is 22.1. The van der Waals surface area contributed by atoms with Crippen LogP contribution in [0.25, 0.3) is 0 Å². The monoisotopic (exact) mass is 416 g/mol. The third kappa shape index (κ3) is 4.14. The maximum absolute atomic E-state index is 13.0. The van der Waals surface area contributed by atoms with Gasteiger partial charge in [-0.15, -0.1) is 0 Å². The Kier molecular flexibility index (Phi) is 6.65. The minimum Gasteiger partial charge on any atom is -0.497 e. The van der Waals surface area contributed by atoms with Crippen molar-refractivity contribution in [2.75, 3.05) is 41.3 Å². The number of benzene rings is 1. The summed E-state index contributed by atoms with van der Waals surface area (Å²) in [4.78, 5) is 43.0. The molecule has 1 saturated heterocycles. The first-order valence-electron chi connectivity index (χ1n) is 10.5. The van der Waals surface area contributed by atoms with Gasteiger partial charge in [0.15, 0.2) is 0 Å². The van der Waals surface area contributed by atoms with E-state index in [4.69, 9.17) is 4.74 Å². The highest BCUT2D eigenvalue weighted by Gasteiger charge is 2.55. The lowest BCUT2D eigenvalue weighted by Gasteiger charge is -2.35. The molecule has 1 heterocycles. The number of imide groups is 1. The summed E-state index contributed by atoms with van der Waals surface area (Å²) in [7, 11) is 7.18. The molecule has 0 aromatic heterocycles. The van der Waals surface area contributed by atoms with E-state index in [2.05, 4.69) is 5.32 Å². The number of amides is 4. The topological polar surface area (TPSA) is 82.2 Å². The molecule has 4 amide bonds. The Morgan fingerprint density at radius 2 is 1.80 bits per heavy atom. The van der Waals surface area contributed by atoms with E-state index >= 15 is 0 Å². The van der Waals surface area contributed by atoms with Gasteiger partial charge in [-0.2, -0.15) is 0 Å². The lowest BCUT2D eigenvalue weighted by Crippen LogP contribution is -2.49. The van der Waals surface area contributed by atoms with Crippen molar-refractivity contribution in [1.29, 1.82) is 0 Å². The second-order valence-electron chi connectivity index (χ2n) is 8.38. The van der Waals surface area contributed by atoms with Crippen LogP contribution in [0.4, 0.5) is 4.79 Å². The Balaban J connectivity index is 1.62. The van der Waals surface area contributed by atoms with Crippen LogP contribution in [-0.4, -0.2) is 79.4 Å². The summed E-state index contributed by atoms with van der Waals surface area (Å²) in [6.45, 7) is 0.127. The minimum absolute atomic E-state index is 0.0443. The first-order chi connectivity index (χ1) is 14.3. The van der Waals surface area contributed by atoms with Gasteiger partial charge in [0.25, 0.3) is 5.91 Å². The molecule has 1 unspecified atom stereocenters. The van der Waals surface area contributed by atoms with Gasteiger partial charge < -0.3 is 19.9 Å². The van der Waals surface area contributed by atoms with Crippen molar-refractivity contribution in [3.63, 3.8) is 0 Å². The number of nitrogens with one attached hydrogen (secondary N) is 1. The van der Waals surface area contributed by atoms with E-state index in [1.807, 2.05) is 43.3 Å². The van der Waals surface area contributed by atoms with E-state index in [9.17, 15) is 14.4 Å². The summed E-state index contributed by atoms with van der Waals surface area (Å²) in [6, 6.07) is 7.27. The fourth-order valence-corrected chi connectivity index (χ4v) is 4.51. The summed E-state index contributed by atoms with van der Waals surface area (Å²) in [5.74, 6) is 0.203. The Morgan fingerprint density at radius 3 is 2.37 bits per heavy atom. The van der Waals surface area contributed by atoms with E-state index in [0.717, 1.165) is 35.5 Å². The number of hydrogen-bond acceptors (Lipinski definition) is 5. The zero-order valence-electron chi connectivity index (χ0n) is 18.3. The fraction of sp³-hybridized carbons (Fsp3) is 0.591. The molecule has 0 radical (unpaired) electrons. The van der Waals surface area contributed by atoms with E-state index in [1.165, 1.54) is 0 Å². The van der Waals surface area contributed by atoms with E-state index < -0.39 is 5.54 Å². The lowest BCUT2D eigenvalue weighted by molar-refractivity contribution is -0.137. The molecule has 1 spiro atoms. The summed E-state index contributed by atoms with van der Waals surface area (Å²) in [6.07, 6.45) is 4.28. The van der Waals surface area contributed by atoms with Crippen LogP contribution in [0.5, 0.6) is 5.75 Å². The zero-order valence-corrected chi connectivity index (χ0v) is 18.3. The molecule has 2 fully saturated rings. The standard InChI is InChI=1S/C22H32N4O4/c1-24(2)18(16-8-10-17(30-4)11-9-16)14-23-19(27)15-26-20(28)22(25(3)21(26)29)12-6-5-7-13-22/h8-11,18H,5-7,12-15H2,1-4H3,(H,23,27). The van der Waals surface area contributed by atoms with E-state index in [-0.39, 0.29) is 30.4 Å². The molecule has 3 rings (SSSR count). The Morgan fingerprint density at radius 1 is 1.17 bits per heavy atom. The third-order valence-electron chi connectivity index (χ3n) is 6.40. The van der Waals surface area contributed by atoms with Crippen molar-refractivity contribution in [1.82, 2.24) is 20.0 Å².